The van der Waals surface area contributed by atoms with Crippen LogP contribution in [0.1, 0.15) is 31.3 Å². The van der Waals surface area contributed by atoms with Crippen molar-refractivity contribution in [3.8, 4) is 0 Å². The number of imidazole rings is 1. The smallest absolute Gasteiger partial charge is 0.358 e. The van der Waals surface area contributed by atoms with E-state index < -0.39 is 0 Å². The van der Waals surface area contributed by atoms with E-state index in [2.05, 4.69) is 35.1 Å². The van der Waals surface area contributed by atoms with E-state index in [0.29, 0.717) is 12.3 Å². The van der Waals surface area contributed by atoms with Gasteiger partial charge in [-0.2, -0.15) is 0 Å². The molecule has 2 aromatic rings. The Labute approximate surface area is 130 Å². The second kappa shape index (κ2) is 5.61. The summed E-state index contributed by atoms with van der Waals surface area (Å²) < 4.78 is 7.00. The molecule has 22 heavy (non-hydrogen) atoms. The lowest BCUT2D eigenvalue weighted by atomic mass is 10.0. The molecule has 0 bridgehead atoms. The van der Waals surface area contributed by atoms with E-state index in [1.165, 1.54) is 0 Å². The van der Waals surface area contributed by atoms with Crippen LogP contribution in [0.15, 0.2) is 24.4 Å². The number of pyridine rings is 1. The molecule has 118 valence electrons. The van der Waals surface area contributed by atoms with Crippen LogP contribution in [0, 0.1) is 0 Å². The molecule has 1 aliphatic rings. The molecular weight excluding hydrogens is 280 g/mol. The second-order valence-corrected chi connectivity index (χ2v) is 6.19. The highest BCUT2D eigenvalue weighted by Crippen LogP contribution is 2.22. The average molecular weight is 302 g/mol. The molecule has 6 nitrogen and oxygen atoms in total. The maximum absolute atomic E-state index is 11.9. The Hall–Kier alpha value is -2.08. The van der Waals surface area contributed by atoms with E-state index in [0.717, 1.165) is 31.1 Å². The van der Waals surface area contributed by atoms with Crippen LogP contribution in [0.4, 0.5) is 5.82 Å². The third-order valence-corrected chi connectivity index (χ3v) is 3.85. The monoisotopic (exact) mass is 302 g/mol. The van der Waals surface area contributed by atoms with Crippen LogP contribution in [0.3, 0.4) is 0 Å². The summed E-state index contributed by atoms with van der Waals surface area (Å²) in [6.07, 6.45) is 1.76. The SMILES string of the molecule is CCOC(=O)c1cn2c(N3CCNC(C)(C)C3)cccc2n1. The highest BCUT2D eigenvalue weighted by molar-refractivity contribution is 5.88. The molecule has 6 heteroatoms. The van der Waals surface area contributed by atoms with E-state index in [9.17, 15) is 4.79 Å². The maximum Gasteiger partial charge on any atom is 0.358 e. The van der Waals surface area contributed by atoms with Crippen molar-refractivity contribution in [1.29, 1.82) is 0 Å². The number of carbonyl (C=O) groups excluding carboxylic acids is 1. The molecule has 3 rings (SSSR count). The van der Waals surface area contributed by atoms with Gasteiger partial charge in [-0.25, -0.2) is 9.78 Å². The van der Waals surface area contributed by atoms with Crippen molar-refractivity contribution in [2.24, 2.45) is 0 Å². The van der Waals surface area contributed by atoms with E-state index >= 15 is 0 Å². The highest BCUT2D eigenvalue weighted by atomic mass is 16.5. The van der Waals surface area contributed by atoms with Crippen LogP contribution in [0.2, 0.25) is 0 Å². The fourth-order valence-corrected chi connectivity index (χ4v) is 2.89. The van der Waals surface area contributed by atoms with Gasteiger partial charge in [0.05, 0.1) is 6.61 Å². The van der Waals surface area contributed by atoms with Crippen LogP contribution in [0.25, 0.3) is 5.65 Å². The molecule has 1 N–H and O–H groups in total. The van der Waals surface area contributed by atoms with Crippen LogP contribution in [0.5, 0.6) is 0 Å². The summed E-state index contributed by atoms with van der Waals surface area (Å²) in [6, 6.07) is 5.94. The minimum Gasteiger partial charge on any atom is -0.461 e. The molecule has 0 unspecified atom stereocenters. The number of esters is 1. The molecule has 1 aliphatic heterocycles. The standard InChI is InChI=1S/C16H22N4O2/c1-4-22-15(21)12-10-20-13(18-12)6-5-7-14(20)19-9-8-17-16(2,3)11-19/h5-7,10,17H,4,8-9,11H2,1-3H3. The van der Waals surface area contributed by atoms with Crippen molar-refractivity contribution >= 4 is 17.4 Å². The number of carbonyl (C=O) groups is 1. The van der Waals surface area contributed by atoms with Gasteiger partial charge in [-0.05, 0) is 32.9 Å². The lowest BCUT2D eigenvalue weighted by Gasteiger charge is -2.40. The average Bonchev–Trinajstić information content (AvgIpc) is 2.90. The molecule has 1 fully saturated rings. The molecule has 0 aromatic carbocycles. The summed E-state index contributed by atoms with van der Waals surface area (Å²) in [5, 5.41) is 3.51. The van der Waals surface area contributed by atoms with Gasteiger partial charge < -0.3 is 15.0 Å². The van der Waals surface area contributed by atoms with Crippen LogP contribution in [-0.2, 0) is 4.74 Å². The molecule has 1 saturated heterocycles. The van der Waals surface area contributed by atoms with Gasteiger partial charge >= 0.3 is 5.97 Å². The third-order valence-electron chi connectivity index (χ3n) is 3.85. The van der Waals surface area contributed by atoms with Crippen molar-refractivity contribution in [2.75, 3.05) is 31.1 Å². The fraction of sp³-hybridized carbons (Fsp3) is 0.500. The zero-order chi connectivity index (χ0) is 15.7. The Morgan fingerprint density at radius 3 is 3.00 bits per heavy atom. The fourth-order valence-electron chi connectivity index (χ4n) is 2.89. The van der Waals surface area contributed by atoms with Gasteiger partial charge in [0.1, 0.15) is 11.5 Å². The van der Waals surface area contributed by atoms with Crippen molar-refractivity contribution in [3.63, 3.8) is 0 Å². The molecule has 0 radical (unpaired) electrons. The van der Waals surface area contributed by atoms with E-state index in [-0.39, 0.29) is 11.5 Å². The zero-order valence-corrected chi connectivity index (χ0v) is 13.3. The number of anilines is 1. The summed E-state index contributed by atoms with van der Waals surface area (Å²) >= 11 is 0. The molecule has 0 amide bonds. The first-order chi connectivity index (χ1) is 10.5. The van der Waals surface area contributed by atoms with Crippen molar-refractivity contribution in [3.05, 3.63) is 30.1 Å². The van der Waals surface area contributed by atoms with Crippen molar-refractivity contribution in [1.82, 2.24) is 14.7 Å². The first kappa shape index (κ1) is 14.8. The molecule has 0 saturated carbocycles. The predicted octanol–water partition coefficient (Wildman–Crippen LogP) is 1.70. The van der Waals surface area contributed by atoms with Crippen molar-refractivity contribution in [2.45, 2.75) is 26.3 Å². The van der Waals surface area contributed by atoms with E-state index in [4.69, 9.17) is 4.74 Å². The molecule has 2 aromatic heterocycles. The normalized spacial score (nSPS) is 17.7. The first-order valence-electron chi connectivity index (χ1n) is 7.65. The summed E-state index contributed by atoms with van der Waals surface area (Å²) in [5.74, 6) is 0.674. The minimum absolute atomic E-state index is 0.0605. The molecular formula is C16H22N4O2. The number of nitrogens with one attached hydrogen (secondary N) is 1. The number of fused-ring (bicyclic) bond motifs is 1. The van der Waals surface area contributed by atoms with Gasteiger partial charge in [-0.15, -0.1) is 0 Å². The highest BCUT2D eigenvalue weighted by Gasteiger charge is 2.27. The summed E-state index contributed by atoms with van der Waals surface area (Å²) in [4.78, 5) is 18.6. The van der Waals surface area contributed by atoms with Gasteiger partial charge in [0.2, 0.25) is 0 Å². The third kappa shape index (κ3) is 2.78. The van der Waals surface area contributed by atoms with Gasteiger partial charge in [0.25, 0.3) is 0 Å². The lowest BCUT2D eigenvalue weighted by molar-refractivity contribution is 0.0520. The summed E-state index contributed by atoms with van der Waals surface area (Å²) in [5.41, 5.74) is 1.17. The van der Waals surface area contributed by atoms with Gasteiger partial charge in [0, 0.05) is 31.4 Å². The summed E-state index contributed by atoms with van der Waals surface area (Å²) in [6.45, 7) is 9.29. The Kier molecular flexibility index (Phi) is 3.78. The largest absolute Gasteiger partial charge is 0.461 e. The molecule has 0 atom stereocenters. The molecule has 0 spiro atoms. The Morgan fingerprint density at radius 2 is 2.27 bits per heavy atom. The number of piperazine rings is 1. The Bertz CT molecular complexity index is 693. The maximum atomic E-state index is 11.9. The molecule has 3 heterocycles. The van der Waals surface area contributed by atoms with Crippen molar-refractivity contribution < 1.29 is 9.53 Å². The van der Waals surface area contributed by atoms with Gasteiger partial charge in [0.15, 0.2) is 5.69 Å². The number of hydrogen-bond donors (Lipinski definition) is 1. The lowest BCUT2D eigenvalue weighted by Crippen LogP contribution is -2.57. The number of rotatable bonds is 3. The number of ether oxygens (including phenoxy) is 1. The number of aromatic nitrogens is 2. The van der Waals surface area contributed by atoms with Crippen LogP contribution < -0.4 is 10.2 Å². The van der Waals surface area contributed by atoms with Crippen LogP contribution in [-0.4, -0.2) is 47.1 Å². The first-order valence-corrected chi connectivity index (χ1v) is 7.65. The number of hydrogen-bond acceptors (Lipinski definition) is 5. The quantitative estimate of drug-likeness (QED) is 0.875. The van der Waals surface area contributed by atoms with E-state index in [1.54, 1.807) is 13.1 Å². The van der Waals surface area contributed by atoms with Gasteiger partial charge in [-0.3, -0.25) is 4.40 Å². The summed E-state index contributed by atoms with van der Waals surface area (Å²) in [7, 11) is 0. The topological polar surface area (TPSA) is 58.9 Å². The zero-order valence-electron chi connectivity index (χ0n) is 13.3. The minimum atomic E-state index is -0.377. The predicted molar refractivity (Wildman–Crippen MR) is 85.4 cm³/mol. The van der Waals surface area contributed by atoms with Gasteiger partial charge in [-0.1, -0.05) is 6.07 Å². The van der Waals surface area contributed by atoms with E-state index in [1.807, 2.05) is 16.5 Å². The Balaban J connectivity index is 1.98. The van der Waals surface area contributed by atoms with Crippen LogP contribution >= 0.6 is 0 Å². The Morgan fingerprint density at radius 1 is 1.45 bits per heavy atom. The molecule has 0 aliphatic carbocycles. The number of nitrogens with zero attached hydrogens (tertiary/aromatic N) is 3. The second-order valence-electron chi connectivity index (χ2n) is 6.19.